The van der Waals surface area contributed by atoms with Crippen molar-refractivity contribution >= 4 is 64.1 Å². The Morgan fingerprint density at radius 1 is 0.603 bits per heavy atom. The number of ether oxygens (including phenoxy) is 3. The van der Waals surface area contributed by atoms with Crippen LogP contribution in [-0.2, 0) is 17.8 Å². The molecule has 376 valence electrons. The molecular formula is C53H56N12O8. The van der Waals surface area contributed by atoms with Crippen LogP contribution in [0.4, 0.5) is 39.2 Å². The lowest BCUT2D eigenvalue weighted by molar-refractivity contribution is 0.0240. The van der Waals surface area contributed by atoms with Crippen LogP contribution in [0.15, 0.2) is 110 Å². The zero-order chi connectivity index (χ0) is 51.2. The zero-order valence-corrected chi connectivity index (χ0v) is 41.3. The third-order valence-electron chi connectivity index (χ3n) is 12.6. The molecule has 0 bridgehead atoms. The average molecular weight is 989 g/mol. The van der Waals surface area contributed by atoms with Crippen molar-refractivity contribution in [3.63, 3.8) is 0 Å². The van der Waals surface area contributed by atoms with E-state index in [0.29, 0.717) is 84.9 Å². The minimum atomic E-state index is -0.554. The molecule has 4 aliphatic rings. The van der Waals surface area contributed by atoms with Gasteiger partial charge >= 0.3 is 6.09 Å². The number of carbonyl (C=O) groups is 5. The van der Waals surface area contributed by atoms with Gasteiger partial charge in [0.25, 0.3) is 23.6 Å². The number of carbonyl (C=O) groups excluding carboxylic acids is 5. The lowest BCUT2D eigenvalue weighted by Gasteiger charge is -2.37. The number of pyridine rings is 4. The van der Waals surface area contributed by atoms with E-state index in [1.54, 1.807) is 102 Å². The minimum absolute atomic E-state index is 0.165. The van der Waals surface area contributed by atoms with Gasteiger partial charge in [0.1, 0.15) is 40.1 Å². The van der Waals surface area contributed by atoms with E-state index in [4.69, 9.17) is 14.2 Å². The molecule has 0 atom stereocenters. The van der Waals surface area contributed by atoms with E-state index in [1.165, 1.54) is 0 Å². The summed E-state index contributed by atoms with van der Waals surface area (Å²) in [5, 5.41) is 9.19. The van der Waals surface area contributed by atoms with E-state index in [0.717, 1.165) is 48.7 Å². The summed E-state index contributed by atoms with van der Waals surface area (Å²) >= 11 is 0. The maximum Gasteiger partial charge on any atom is 0.410 e. The maximum absolute atomic E-state index is 13.3. The Morgan fingerprint density at radius 3 is 1.52 bits per heavy atom. The van der Waals surface area contributed by atoms with Gasteiger partial charge in [0.05, 0.1) is 62.5 Å². The maximum atomic E-state index is 13.3. The number of amides is 5. The van der Waals surface area contributed by atoms with Gasteiger partial charge in [-0.05, 0) is 92.6 Å². The first-order chi connectivity index (χ1) is 35.3. The average Bonchev–Trinajstić information content (AvgIpc) is 3.93. The van der Waals surface area contributed by atoms with Crippen LogP contribution in [0.25, 0.3) is 0 Å². The number of hydrogen-bond acceptors (Lipinski definition) is 15. The van der Waals surface area contributed by atoms with Crippen LogP contribution in [0.5, 0.6) is 11.5 Å². The molecule has 4 aromatic heterocycles. The van der Waals surface area contributed by atoms with Gasteiger partial charge in [-0.3, -0.25) is 38.9 Å². The Bertz CT molecular complexity index is 3060. The highest BCUT2D eigenvalue weighted by Gasteiger charge is 2.33. The first-order valence-corrected chi connectivity index (χ1v) is 23.9. The third kappa shape index (κ3) is 11.1. The number of hydrogen-bond donors (Lipinski definition) is 3. The summed E-state index contributed by atoms with van der Waals surface area (Å²) in [4.78, 5) is 91.2. The summed E-state index contributed by atoms with van der Waals surface area (Å²) in [6.45, 7) is 11.9. The number of nitrogens with one attached hydrogen (secondary N) is 3. The highest BCUT2D eigenvalue weighted by molar-refractivity contribution is 6.11. The van der Waals surface area contributed by atoms with Crippen molar-refractivity contribution in [1.29, 1.82) is 0 Å². The Labute approximate surface area is 422 Å². The second-order valence-corrected chi connectivity index (χ2v) is 18.5. The molecule has 0 spiro atoms. The molecule has 0 radical (unpaired) electrons. The minimum Gasteiger partial charge on any atom is -0.497 e. The van der Waals surface area contributed by atoms with E-state index < -0.39 is 11.5 Å². The molecule has 2 saturated heterocycles. The smallest absolute Gasteiger partial charge is 0.410 e. The zero-order valence-electron chi connectivity index (χ0n) is 41.3. The molecule has 0 aliphatic carbocycles. The van der Waals surface area contributed by atoms with Crippen LogP contribution < -0.4 is 45.0 Å². The second kappa shape index (κ2) is 21.4. The first-order valence-electron chi connectivity index (χ1n) is 23.9. The standard InChI is InChI=1S/C29H32N6O5.C24H24N6O3/c1-29(2,3)40-28(38)34-14-12-33(13-15-34)24-10-11-30-17-23(24)32-26(36)22-6-5-7-25(31-22)35-18-19-8-9-20(39-4)16-21(19)27(35)37;1-33-17-6-5-16-15-30(24(32)18(16)13-17)22-4-2-3-19(27-22)23(31)28-20-14-26-8-7-21(20)29-11-9-25-10-12-29/h5-11,16-17H,12-15,18H2,1-4H3,(H,32,36);2-8,13-14,25H,9-12,15H2,1H3,(H,28,31). The first kappa shape index (κ1) is 49.3. The second-order valence-electron chi connectivity index (χ2n) is 18.5. The monoisotopic (exact) mass is 988 g/mol. The molecule has 4 aliphatic heterocycles. The van der Waals surface area contributed by atoms with Gasteiger partial charge < -0.3 is 44.9 Å². The number of nitrogens with zero attached hydrogens (tertiary/aromatic N) is 9. The van der Waals surface area contributed by atoms with Crippen molar-refractivity contribution in [2.45, 2.75) is 39.5 Å². The molecule has 0 unspecified atom stereocenters. The summed E-state index contributed by atoms with van der Waals surface area (Å²) in [5.74, 6) is 0.909. The van der Waals surface area contributed by atoms with Crippen LogP contribution in [0.3, 0.4) is 0 Å². The highest BCUT2D eigenvalue weighted by Crippen LogP contribution is 2.33. The highest BCUT2D eigenvalue weighted by atomic mass is 16.6. The Morgan fingerprint density at radius 2 is 1.07 bits per heavy atom. The molecule has 6 aromatic rings. The van der Waals surface area contributed by atoms with Gasteiger partial charge in [-0.2, -0.15) is 0 Å². The molecule has 73 heavy (non-hydrogen) atoms. The Hall–Kier alpha value is -8.65. The number of anilines is 6. The fourth-order valence-corrected chi connectivity index (χ4v) is 8.84. The number of aromatic nitrogens is 4. The molecule has 8 heterocycles. The SMILES string of the molecule is COc1ccc2c(c1)C(=O)N(c1cccc(C(=O)Nc3cnccc3N3CCN(C(=O)OC(C)(C)C)CC3)n1)C2.COc1ccc2c(c1)C(=O)N(c1cccc(C(=O)Nc3cnccc3N3CCNCC3)n1)C2. The lowest BCUT2D eigenvalue weighted by atomic mass is 10.1. The Kier molecular flexibility index (Phi) is 14.4. The normalized spacial score (nSPS) is 15.2. The number of methoxy groups -OCH3 is 2. The molecule has 2 aromatic carbocycles. The van der Waals surface area contributed by atoms with Gasteiger partial charge in [-0.1, -0.05) is 24.3 Å². The molecule has 0 saturated carbocycles. The van der Waals surface area contributed by atoms with E-state index in [9.17, 15) is 24.0 Å². The third-order valence-corrected chi connectivity index (χ3v) is 12.6. The number of rotatable bonds is 10. The molecule has 10 rings (SSSR count). The Balaban J connectivity index is 0.000000183. The largest absolute Gasteiger partial charge is 0.497 e. The molecule has 20 nitrogen and oxygen atoms in total. The van der Waals surface area contributed by atoms with Gasteiger partial charge in [-0.25, -0.2) is 14.8 Å². The summed E-state index contributed by atoms with van der Waals surface area (Å²) in [6.07, 6.45) is 6.28. The predicted octanol–water partition coefficient (Wildman–Crippen LogP) is 6.26. The van der Waals surface area contributed by atoms with Crippen LogP contribution in [-0.4, -0.2) is 127 Å². The van der Waals surface area contributed by atoms with Gasteiger partial charge in [-0.15, -0.1) is 0 Å². The van der Waals surface area contributed by atoms with Crippen LogP contribution in [0, 0.1) is 0 Å². The fraction of sp³-hybridized carbons (Fsp3) is 0.302. The number of piperazine rings is 2. The van der Waals surface area contributed by atoms with Crippen molar-refractivity contribution in [2.24, 2.45) is 0 Å². The van der Waals surface area contributed by atoms with E-state index in [1.807, 2.05) is 57.2 Å². The van der Waals surface area contributed by atoms with Gasteiger partial charge in [0, 0.05) is 75.9 Å². The van der Waals surface area contributed by atoms with Crippen molar-refractivity contribution < 1.29 is 38.2 Å². The number of fused-ring (bicyclic) bond motifs is 2. The van der Waals surface area contributed by atoms with Crippen LogP contribution >= 0.6 is 0 Å². The molecule has 5 amide bonds. The van der Waals surface area contributed by atoms with Gasteiger partial charge in [0.2, 0.25) is 0 Å². The van der Waals surface area contributed by atoms with Crippen molar-refractivity contribution in [1.82, 2.24) is 30.2 Å². The quantitative estimate of drug-likeness (QED) is 0.138. The molecular weight excluding hydrogens is 933 g/mol. The molecule has 20 heteroatoms. The van der Waals surface area contributed by atoms with E-state index in [-0.39, 0.29) is 35.2 Å². The van der Waals surface area contributed by atoms with Gasteiger partial charge in [0.15, 0.2) is 0 Å². The summed E-state index contributed by atoms with van der Waals surface area (Å²) < 4.78 is 16.0. The van der Waals surface area contributed by atoms with Crippen LogP contribution in [0.2, 0.25) is 0 Å². The number of benzene rings is 2. The van der Waals surface area contributed by atoms with Crippen molar-refractivity contribution in [2.75, 3.05) is 96.8 Å². The topological polar surface area (TPSA) is 217 Å². The van der Waals surface area contributed by atoms with Crippen molar-refractivity contribution in [3.8, 4) is 11.5 Å². The van der Waals surface area contributed by atoms with E-state index >= 15 is 0 Å². The molecule has 2 fully saturated rings. The predicted molar refractivity (Wildman–Crippen MR) is 275 cm³/mol. The summed E-state index contributed by atoms with van der Waals surface area (Å²) in [5.41, 5.74) is 5.63. The van der Waals surface area contributed by atoms with Crippen molar-refractivity contribution in [3.05, 3.63) is 143 Å². The summed E-state index contributed by atoms with van der Waals surface area (Å²) in [7, 11) is 3.12. The molecule has 3 N–H and O–H groups in total. The summed E-state index contributed by atoms with van der Waals surface area (Å²) in [6, 6.07) is 24.7. The van der Waals surface area contributed by atoms with E-state index in [2.05, 4.69) is 45.7 Å². The fourth-order valence-electron chi connectivity index (χ4n) is 8.84. The lowest BCUT2D eigenvalue weighted by Crippen LogP contribution is -2.50. The van der Waals surface area contributed by atoms with Crippen LogP contribution in [0.1, 0.15) is 73.6 Å².